The topological polar surface area (TPSA) is 125 Å². The van der Waals surface area contributed by atoms with Gasteiger partial charge in [-0.3, -0.25) is 19.3 Å². The number of ether oxygens (including phenoxy) is 1. The van der Waals surface area contributed by atoms with Gasteiger partial charge in [-0.15, -0.1) is 0 Å². The molecule has 0 radical (unpaired) electrons. The molecule has 0 spiro atoms. The molecule has 0 aliphatic heterocycles. The van der Waals surface area contributed by atoms with Crippen molar-refractivity contribution in [3.05, 3.63) is 45.1 Å². The van der Waals surface area contributed by atoms with E-state index in [2.05, 4.69) is 5.10 Å². The summed E-state index contributed by atoms with van der Waals surface area (Å²) in [6, 6.07) is -0.146. The summed E-state index contributed by atoms with van der Waals surface area (Å²) in [5.41, 5.74) is -1.68. The van der Waals surface area contributed by atoms with Crippen molar-refractivity contribution in [2.75, 3.05) is 13.2 Å². The second kappa shape index (κ2) is 9.75. The first-order valence-corrected chi connectivity index (χ1v) is 11.9. The van der Waals surface area contributed by atoms with Gasteiger partial charge >= 0.3 is 5.69 Å². The fourth-order valence-corrected chi connectivity index (χ4v) is 4.67. The van der Waals surface area contributed by atoms with Crippen molar-refractivity contribution in [2.45, 2.75) is 57.9 Å². The molecule has 0 bridgehead atoms. The van der Waals surface area contributed by atoms with Gasteiger partial charge in [-0.05, 0) is 55.9 Å². The highest BCUT2D eigenvalue weighted by atomic mass is 32.2. The number of alkyl halides is 2. The van der Waals surface area contributed by atoms with Crippen LogP contribution in [0.3, 0.4) is 0 Å². The lowest BCUT2D eigenvalue weighted by Crippen LogP contribution is -2.23. The summed E-state index contributed by atoms with van der Waals surface area (Å²) in [5, 5.41) is 14.7. The molecule has 2 aliphatic carbocycles. The molecule has 9 nitrogen and oxygen atoms in total. The van der Waals surface area contributed by atoms with E-state index in [-0.39, 0.29) is 16.4 Å². The third kappa shape index (κ3) is 5.99. The van der Waals surface area contributed by atoms with Gasteiger partial charge in [0.25, 0.3) is 16.5 Å². The second-order valence-electron chi connectivity index (χ2n) is 8.71. The van der Waals surface area contributed by atoms with Crippen LogP contribution in [0.4, 0.5) is 14.5 Å². The van der Waals surface area contributed by atoms with Crippen molar-refractivity contribution in [3.63, 3.8) is 0 Å². The van der Waals surface area contributed by atoms with Gasteiger partial charge in [0, 0.05) is 13.2 Å². The summed E-state index contributed by atoms with van der Waals surface area (Å²) in [4.78, 5) is 10.1. The summed E-state index contributed by atoms with van der Waals surface area (Å²) >= 11 is 0. The summed E-state index contributed by atoms with van der Waals surface area (Å²) in [6.45, 7) is 3.05. The summed E-state index contributed by atoms with van der Waals surface area (Å²) < 4.78 is 64.5. The predicted octanol–water partition coefficient (Wildman–Crippen LogP) is 4.60. The minimum absolute atomic E-state index is 0.0872. The SMILES string of the molecule is CC1(CCOCC2CCC(n3cc([N+](=O)[O-])c(C(F)F)n3)CC2)C=CC(S(=O)(=O)O)=CC1. The molecule has 12 heteroatoms. The average molecular weight is 476 g/mol. The zero-order valence-electron chi connectivity index (χ0n) is 17.7. The molecule has 1 heterocycles. The van der Waals surface area contributed by atoms with E-state index in [0.29, 0.717) is 44.8 Å². The van der Waals surface area contributed by atoms with Gasteiger partial charge in [0.2, 0.25) is 5.69 Å². The molecule has 3 rings (SSSR count). The Morgan fingerprint density at radius 1 is 1.38 bits per heavy atom. The molecule has 1 aromatic heterocycles. The zero-order chi connectivity index (χ0) is 23.5. The molecule has 1 unspecified atom stereocenters. The van der Waals surface area contributed by atoms with E-state index in [4.69, 9.17) is 9.29 Å². The van der Waals surface area contributed by atoms with Gasteiger partial charge in [0.1, 0.15) is 6.20 Å². The molecule has 0 saturated heterocycles. The monoisotopic (exact) mass is 475 g/mol. The number of nitrogens with zero attached hydrogens (tertiary/aromatic N) is 3. The van der Waals surface area contributed by atoms with Crippen LogP contribution in [0.25, 0.3) is 0 Å². The van der Waals surface area contributed by atoms with Crippen LogP contribution >= 0.6 is 0 Å². The van der Waals surface area contributed by atoms with Crippen molar-refractivity contribution < 1.29 is 31.4 Å². The maximum Gasteiger partial charge on any atom is 0.316 e. The van der Waals surface area contributed by atoms with Gasteiger partial charge in [0.05, 0.1) is 15.9 Å². The molecular weight excluding hydrogens is 448 g/mol. The first-order chi connectivity index (χ1) is 15.0. The number of allylic oxidation sites excluding steroid dienone is 3. The number of hydrogen-bond donors (Lipinski definition) is 1. The van der Waals surface area contributed by atoms with Gasteiger partial charge in [-0.2, -0.15) is 13.5 Å². The van der Waals surface area contributed by atoms with E-state index < -0.39 is 32.8 Å². The van der Waals surface area contributed by atoms with Crippen molar-refractivity contribution in [1.29, 1.82) is 0 Å². The normalized spacial score (nSPS) is 26.3. The molecular formula is C20H27F2N3O6S. The number of aromatic nitrogens is 2. The fraction of sp³-hybridized carbons (Fsp3) is 0.650. The predicted molar refractivity (Wildman–Crippen MR) is 112 cm³/mol. The Balaban J connectivity index is 1.42. The van der Waals surface area contributed by atoms with Crippen molar-refractivity contribution in [3.8, 4) is 0 Å². The number of nitro groups is 1. The van der Waals surface area contributed by atoms with E-state index in [1.807, 2.05) is 6.92 Å². The zero-order valence-corrected chi connectivity index (χ0v) is 18.5. The van der Waals surface area contributed by atoms with Crippen molar-refractivity contribution in [2.24, 2.45) is 11.3 Å². The molecule has 0 amide bonds. The van der Waals surface area contributed by atoms with Crippen LogP contribution < -0.4 is 0 Å². The number of halogens is 2. The first kappa shape index (κ1) is 24.5. The van der Waals surface area contributed by atoms with Gasteiger partial charge in [0.15, 0.2) is 0 Å². The smallest absolute Gasteiger partial charge is 0.316 e. The number of hydrogen-bond acceptors (Lipinski definition) is 6. The highest BCUT2D eigenvalue weighted by Crippen LogP contribution is 2.36. The number of rotatable bonds is 9. The van der Waals surface area contributed by atoms with Crippen LogP contribution in [0, 0.1) is 21.4 Å². The maximum absolute atomic E-state index is 13.0. The Labute approximate surface area is 185 Å². The highest BCUT2D eigenvalue weighted by Gasteiger charge is 2.31. The lowest BCUT2D eigenvalue weighted by Gasteiger charge is -2.30. The van der Waals surface area contributed by atoms with E-state index in [0.717, 1.165) is 19.0 Å². The highest BCUT2D eigenvalue weighted by molar-refractivity contribution is 7.90. The molecule has 1 atom stereocenters. The van der Waals surface area contributed by atoms with Crippen LogP contribution in [0.2, 0.25) is 0 Å². The van der Waals surface area contributed by atoms with Crippen molar-refractivity contribution >= 4 is 15.8 Å². The third-order valence-electron chi connectivity index (χ3n) is 6.22. The molecule has 1 N–H and O–H groups in total. The molecule has 1 saturated carbocycles. The summed E-state index contributed by atoms with van der Waals surface area (Å²) in [7, 11) is -4.18. The minimum Gasteiger partial charge on any atom is -0.381 e. The summed E-state index contributed by atoms with van der Waals surface area (Å²) in [6.07, 6.45) is 6.97. The Hall–Kier alpha value is -2.18. The van der Waals surface area contributed by atoms with Crippen LogP contribution in [-0.2, 0) is 14.9 Å². The molecule has 32 heavy (non-hydrogen) atoms. The molecule has 1 fully saturated rings. The van der Waals surface area contributed by atoms with Crippen LogP contribution in [0.5, 0.6) is 0 Å². The molecule has 2 aliphatic rings. The standard InChI is InChI=1S/C20H27F2N3O6S/c1-20(8-6-16(7-9-20)32(28,29)30)10-11-31-13-14-2-4-15(5-3-14)24-12-17(25(26)27)18(23-24)19(21)22/h6-8,12,14-15,19H,2-5,9-11,13H2,1H3,(H,28,29,30). The second-order valence-corrected chi connectivity index (χ2v) is 10.1. The lowest BCUT2D eigenvalue weighted by atomic mass is 9.81. The summed E-state index contributed by atoms with van der Waals surface area (Å²) in [5.74, 6) is 0.312. The minimum atomic E-state index is -4.18. The largest absolute Gasteiger partial charge is 0.381 e. The molecule has 178 valence electrons. The average Bonchev–Trinajstić information content (AvgIpc) is 3.18. The van der Waals surface area contributed by atoms with Crippen LogP contribution in [-0.4, -0.2) is 40.9 Å². The molecule has 0 aromatic carbocycles. The van der Waals surface area contributed by atoms with Crippen molar-refractivity contribution in [1.82, 2.24) is 9.78 Å². The Kier molecular flexibility index (Phi) is 7.46. The van der Waals surface area contributed by atoms with Crippen LogP contribution in [0.1, 0.15) is 63.6 Å². The van der Waals surface area contributed by atoms with Crippen LogP contribution in [0.15, 0.2) is 29.3 Å². The van der Waals surface area contributed by atoms with E-state index in [9.17, 15) is 27.3 Å². The van der Waals surface area contributed by atoms with E-state index >= 15 is 0 Å². The van der Waals surface area contributed by atoms with E-state index in [1.165, 1.54) is 16.8 Å². The maximum atomic E-state index is 13.0. The van der Waals surface area contributed by atoms with E-state index in [1.54, 1.807) is 6.08 Å². The Bertz CT molecular complexity index is 999. The third-order valence-corrected chi connectivity index (χ3v) is 7.12. The van der Waals surface area contributed by atoms with Gasteiger partial charge in [-0.1, -0.05) is 19.1 Å². The fourth-order valence-electron chi connectivity index (χ4n) is 4.14. The Morgan fingerprint density at radius 3 is 2.56 bits per heavy atom. The van der Waals surface area contributed by atoms with Gasteiger partial charge in [-0.25, -0.2) is 8.78 Å². The lowest BCUT2D eigenvalue weighted by molar-refractivity contribution is -0.386. The first-order valence-electron chi connectivity index (χ1n) is 10.4. The van der Waals surface area contributed by atoms with Gasteiger partial charge < -0.3 is 4.74 Å². The Morgan fingerprint density at radius 2 is 2.06 bits per heavy atom. The quantitative estimate of drug-likeness (QED) is 0.239. The molecule has 1 aromatic rings.